The van der Waals surface area contributed by atoms with E-state index in [-0.39, 0.29) is 5.91 Å². The van der Waals surface area contributed by atoms with E-state index in [0.717, 1.165) is 28.9 Å². The van der Waals surface area contributed by atoms with Gasteiger partial charge in [-0.1, -0.05) is 26.0 Å². The van der Waals surface area contributed by atoms with Gasteiger partial charge in [-0.3, -0.25) is 9.36 Å². The molecule has 134 valence electrons. The Morgan fingerprint density at radius 1 is 1.19 bits per heavy atom. The second-order valence-electron chi connectivity index (χ2n) is 6.77. The lowest BCUT2D eigenvalue weighted by Gasteiger charge is -2.12. The van der Waals surface area contributed by atoms with E-state index in [4.69, 9.17) is 0 Å². The molecule has 1 amide bonds. The maximum atomic E-state index is 12.4. The van der Waals surface area contributed by atoms with Gasteiger partial charge in [0, 0.05) is 23.9 Å². The molecule has 0 saturated heterocycles. The predicted molar refractivity (Wildman–Crippen MR) is 101 cm³/mol. The molecule has 26 heavy (non-hydrogen) atoms. The SMILES string of the molecule is Cc1cnc(-n2cnnc2)c(-c2cccc(C(=O)NCCC(C)C)c2)c1. The zero-order valence-corrected chi connectivity index (χ0v) is 15.3. The standard InChI is InChI=1S/C20H23N5O/c1-14(2)7-8-21-20(26)17-6-4-5-16(10-17)18-9-15(3)11-22-19(18)25-12-23-24-13-25/h4-6,9-14H,7-8H2,1-3H3,(H,21,26). The van der Waals surface area contributed by atoms with E-state index < -0.39 is 0 Å². The van der Waals surface area contributed by atoms with Crippen molar-refractivity contribution < 1.29 is 4.79 Å². The van der Waals surface area contributed by atoms with Crippen LogP contribution in [-0.4, -0.2) is 32.2 Å². The number of benzene rings is 1. The Morgan fingerprint density at radius 2 is 1.96 bits per heavy atom. The zero-order chi connectivity index (χ0) is 18.5. The third kappa shape index (κ3) is 4.14. The fourth-order valence-electron chi connectivity index (χ4n) is 2.69. The first-order chi connectivity index (χ1) is 12.5. The van der Waals surface area contributed by atoms with Gasteiger partial charge < -0.3 is 5.32 Å². The summed E-state index contributed by atoms with van der Waals surface area (Å²) in [4.78, 5) is 17.0. The molecule has 0 saturated carbocycles. The smallest absolute Gasteiger partial charge is 0.251 e. The first-order valence-corrected chi connectivity index (χ1v) is 8.75. The number of nitrogens with zero attached hydrogens (tertiary/aromatic N) is 4. The summed E-state index contributed by atoms with van der Waals surface area (Å²) in [6, 6.07) is 9.66. The summed E-state index contributed by atoms with van der Waals surface area (Å²) >= 11 is 0. The molecule has 3 rings (SSSR count). The Kier molecular flexibility index (Phi) is 5.41. The van der Waals surface area contributed by atoms with Gasteiger partial charge in [-0.15, -0.1) is 10.2 Å². The molecule has 0 aliphatic carbocycles. The lowest BCUT2D eigenvalue weighted by Crippen LogP contribution is -2.25. The van der Waals surface area contributed by atoms with Crippen molar-refractivity contribution in [3.05, 3.63) is 60.3 Å². The Bertz CT molecular complexity index is 887. The Balaban J connectivity index is 1.91. The van der Waals surface area contributed by atoms with Gasteiger partial charge in [-0.25, -0.2) is 4.98 Å². The number of pyridine rings is 1. The molecule has 6 heteroatoms. The molecular weight excluding hydrogens is 326 g/mol. The van der Waals surface area contributed by atoms with Crippen LogP contribution in [0.25, 0.3) is 16.9 Å². The maximum Gasteiger partial charge on any atom is 0.251 e. The first-order valence-electron chi connectivity index (χ1n) is 8.75. The molecule has 2 heterocycles. The normalized spacial score (nSPS) is 10.9. The number of nitrogens with one attached hydrogen (secondary N) is 1. The van der Waals surface area contributed by atoms with Crippen molar-refractivity contribution in [2.24, 2.45) is 5.92 Å². The highest BCUT2D eigenvalue weighted by Gasteiger charge is 2.12. The molecule has 6 nitrogen and oxygen atoms in total. The predicted octanol–water partition coefficient (Wildman–Crippen LogP) is 3.41. The van der Waals surface area contributed by atoms with Crippen molar-refractivity contribution in [1.29, 1.82) is 0 Å². The Morgan fingerprint density at radius 3 is 2.69 bits per heavy atom. The molecule has 3 aromatic rings. The molecule has 0 radical (unpaired) electrons. The molecule has 1 N–H and O–H groups in total. The van der Waals surface area contributed by atoms with Gasteiger partial charge in [-0.2, -0.15) is 0 Å². The second-order valence-corrected chi connectivity index (χ2v) is 6.77. The summed E-state index contributed by atoms with van der Waals surface area (Å²) in [6.07, 6.45) is 6.00. The van der Waals surface area contributed by atoms with Crippen LogP contribution in [0.4, 0.5) is 0 Å². The number of amides is 1. The van der Waals surface area contributed by atoms with Crippen LogP contribution in [0, 0.1) is 12.8 Å². The van der Waals surface area contributed by atoms with Gasteiger partial charge in [0.1, 0.15) is 18.5 Å². The fraction of sp³-hybridized carbons (Fsp3) is 0.300. The van der Waals surface area contributed by atoms with E-state index in [1.807, 2.05) is 31.2 Å². The Hall–Kier alpha value is -3.02. The minimum Gasteiger partial charge on any atom is -0.352 e. The van der Waals surface area contributed by atoms with Crippen LogP contribution < -0.4 is 5.32 Å². The lowest BCUT2D eigenvalue weighted by molar-refractivity contribution is 0.0952. The van der Waals surface area contributed by atoms with E-state index in [0.29, 0.717) is 18.0 Å². The summed E-state index contributed by atoms with van der Waals surface area (Å²) in [7, 11) is 0. The van der Waals surface area contributed by atoms with Crippen LogP contribution in [0.3, 0.4) is 0 Å². The largest absolute Gasteiger partial charge is 0.352 e. The number of carbonyl (C=O) groups is 1. The quantitative estimate of drug-likeness (QED) is 0.740. The summed E-state index contributed by atoms with van der Waals surface area (Å²) < 4.78 is 1.77. The van der Waals surface area contributed by atoms with E-state index >= 15 is 0 Å². The highest BCUT2D eigenvalue weighted by molar-refractivity contribution is 5.95. The van der Waals surface area contributed by atoms with E-state index in [2.05, 4.69) is 40.4 Å². The molecule has 0 bridgehead atoms. The van der Waals surface area contributed by atoms with Crippen molar-refractivity contribution in [2.75, 3.05) is 6.54 Å². The van der Waals surface area contributed by atoms with Crippen molar-refractivity contribution in [1.82, 2.24) is 25.1 Å². The topological polar surface area (TPSA) is 72.7 Å². The van der Waals surface area contributed by atoms with Crippen LogP contribution in [0.15, 0.2) is 49.2 Å². The van der Waals surface area contributed by atoms with Crippen molar-refractivity contribution in [3.8, 4) is 16.9 Å². The third-order valence-corrected chi connectivity index (χ3v) is 4.11. The Labute approximate surface area is 153 Å². The molecule has 0 aliphatic heterocycles. The summed E-state index contributed by atoms with van der Waals surface area (Å²) in [5, 5.41) is 10.7. The molecule has 0 unspecified atom stereocenters. The van der Waals surface area contributed by atoms with Crippen LogP contribution in [0.1, 0.15) is 36.2 Å². The minimum absolute atomic E-state index is 0.0565. The van der Waals surface area contributed by atoms with Gasteiger partial charge in [0.25, 0.3) is 5.91 Å². The number of aryl methyl sites for hydroxylation is 1. The average Bonchev–Trinajstić information content (AvgIpc) is 3.16. The number of aromatic nitrogens is 4. The number of hydrogen-bond donors (Lipinski definition) is 1. The number of carbonyl (C=O) groups excluding carboxylic acids is 1. The molecule has 1 aromatic carbocycles. The van der Waals surface area contributed by atoms with Crippen molar-refractivity contribution in [2.45, 2.75) is 27.2 Å². The van der Waals surface area contributed by atoms with Crippen molar-refractivity contribution >= 4 is 5.91 Å². The molecule has 0 aliphatic rings. The highest BCUT2D eigenvalue weighted by Crippen LogP contribution is 2.26. The molecule has 0 spiro atoms. The summed E-state index contributed by atoms with van der Waals surface area (Å²) in [5.41, 5.74) is 3.55. The molecule has 0 atom stereocenters. The summed E-state index contributed by atoms with van der Waals surface area (Å²) in [5.74, 6) is 1.24. The van der Waals surface area contributed by atoms with Crippen LogP contribution in [-0.2, 0) is 0 Å². The van der Waals surface area contributed by atoms with Gasteiger partial charge >= 0.3 is 0 Å². The van der Waals surface area contributed by atoms with Crippen molar-refractivity contribution in [3.63, 3.8) is 0 Å². The molecular formula is C20H23N5O. The fourth-order valence-corrected chi connectivity index (χ4v) is 2.69. The van der Waals surface area contributed by atoms with Crippen LogP contribution in [0.5, 0.6) is 0 Å². The molecule has 0 fully saturated rings. The van der Waals surface area contributed by atoms with Crippen LogP contribution >= 0.6 is 0 Å². The first kappa shape index (κ1) is 17.8. The second kappa shape index (κ2) is 7.91. The molecule has 2 aromatic heterocycles. The lowest BCUT2D eigenvalue weighted by atomic mass is 10.0. The maximum absolute atomic E-state index is 12.4. The average molecular weight is 349 g/mol. The van der Waals surface area contributed by atoms with E-state index in [1.165, 1.54) is 0 Å². The van der Waals surface area contributed by atoms with E-state index in [9.17, 15) is 4.79 Å². The van der Waals surface area contributed by atoms with Gasteiger partial charge in [0.05, 0.1) is 0 Å². The summed E-state index contributed by atoms with van der Waals surface area (Å²) in [6.45, 7) is 6.96. The van der Waals surface area contributed by atoms with Gasteiger partial charge in [-0.05, 0) is 48.6 Å². The monoisotopic (exact) mass is 349 g/mol. The van der Waals surface area contributed by atoms with Gasteiger partial charge in [0.15, 0.2) is 0 Å². The number of rotatable bonds is 6. The zero-order valence-electron chi connectivity index (χ0n) is 15.3. The van der Waals surface area contributed by atoms with Crippen LogP contribution in [0.2, 0.25) is 0 Å². The highest BCUT2D eigenvalue weighted by atomic mass is 16.1. The third-order valence-electron chi connectivity index (χ3n) is 4.11. The van der Waals surface area contributed by atoms with Gasteiger partial charge in [0.2, 0.25) is 0 Å². The minimum atomic E-state index is -0.0565. The number of hydrogen-bond acceptors (Lipinski definition) is 4. The van der Waals surface area contributed by atoms with E-state index in [1.54, 1.807) is 23.4 Å².